The molecule has 104 valence electrons. The number of rotatable bonds is 4. The van der Waals surface area contributed by atoms with E-state index in [-0.39, 0.29) is 0 Å². The normalized spacial score (nSPS) is 10.3. The molecule has 0 saturated heterocycles. The van der Waals surface area contributed by atoms with Crippen LogP contribution >= 0.6 is 47.0 Å². The molecular weight excluding hydrogens is 337 g/mol. The Bertz CT molecular complexity index is 620. The number of halogens is 3. The van der Waals surface area contributed by atoms with E-state index in [2.05, 4.69) is 0 Å². The lowest BCUT2D eigenvalue weighted by atomic mass is 10.1. The highest BCUT2D eigenvalue weighted by molar-refractivity contribution is 7.80. The zero-order valence-electron chi connectivity index (χ0n) is 10.2. The van der Waals surface area contributed by atoms with Crippen molar-refractivity contribution in [2.24, 2.45) is 5.73 Å². The number of nitrogens with two attached hydrogens (primary N) is 1. The van der Waals surface area contributed by atoms with Crippen LogP contribution in [0.3, 0.4) is 0 Å². The van der Waals surface area contributed by atoms with Crippen LogP contribution in [0.2, 0.25) is 15.1 Å². The van der Waals surface area contributed by atoms with Gasteiger partial charge in [-0.15, -0.1) is 0 Å². The van der Waals surface area contributed by atoms with Crippen molar-refractivity contribution in [2.45, 2.75) is 6.61 Å². The van der Waals surface area contributed by atoms with E-state index in [0.717, 1.165) is 11.1 Å². The van der Waals surface area contributed by atoms with Crippen molar-refractivity contribution < 1.29 is 4.74 Å². The van der Waals surface area contributed by atoms with Gasteiger partial charge in [-0.1, -0.05) is 71.3 Å². The second-order valence-corrected chi connectivity index (χ2v) is 5.74. The lowest BCUT2D eigenvalue weighted by molar-refractivity contribution is 0.306. The second kappa shape index (κ2) is 6.64. The maximum Gasteiger partial charge on any atom is 0.157 e. The zero-order valence-corrected chi connectivity index (χ0v) is 13.3. The van der Waals surface area contributed by atoms with Gasteiger partial charge >= 0.3 is 0 Å². The Morgan fingerprint density at radius 2 is 1.60 bits per heavy atom. The van der Waals surface area contributed by atoms with Crippen LogP contribution in [0.5, 0.6) is 5.75 Å². The van der Waals surface area contributed by atoms with Gasteiger partial charge in [-0.05, 0) is 17.7 Å². The summed E-state index contributed by atoms with van der Waals surface area (Å²) in [7, 11) is 0. The summed E-state index contributed by atoms with van der Waals surface area (Å²) in [6, 6.07) is 10.6. The van der Waals surface area contributed by atoms with Crippen LogP contribution in [0.25, 0.3) is 0 Å². The Labute approximate surface area is 137 Å². The molecule has 0 radical (unpaired) electrons. The number of benzene rings is 2. The molecule has 2 aromatic carbocycles. The Kier molecular flexibility index (Phi) is 5.11. The predicted molar refractivity (Wildman–Crippen MR) is 88.1 cm³/mol. The predicted octanol–water partition coefficient (Wildman–Crippen LogP) is 4.86. The van der Waals surface area contributed by atoms with Gasteiger partial charge in [0.25, 0.3) is 0 Å². The third-order valence-corrected chi connectivity index (χ3v) is 3.60. The Balaban J connectivity index is 2.11. The molecule has 2 nitrogen and oxygen atoms in total. The molecule has 0 bridgehead atoms. The minimum absolute atomic E-state index is 0.332. The maximum atomic E-state index is 6.04. The lowest BCUT2D eigenvalue weighted by Crippen LogP contribution is -2.09. The standard InChI is InChI=1S/C14H10Cl3NOS/c15-10-5-11(16)13(12(17)6-10)19-7-8-1-3-9(4-2-8)14(18)20/h1-6H,7H2,(H2,18,20). The average Bonchev–Trinajstić information content (AvgIpc) is 2.38. The second-order valence-electron chi connectivity index (χ2n) is 4.05. The van der Waals surface area contributed by atoms with Crippen molar-refractivity contribution in [3.05, 3.63) is 62.6 Å². The molecule has 0 aliphatic heterocycles. The van der Waals surface area contributed by atoms with Gasteiger partial charge in [0.15, 0.2) is 5.75 Å². The van der Waals surface area contributed by atoms with Crippen molar-refractivity contribution in [2.75, 3.05) is 0 Å². The van der Waals surface area contributed by atoms with Crippen LogP contribution in [0.1, 0.15) is 11.1 Å². The number of ether oxygens (including phenoxy) is 1. The van der Waals surface area contributed by atoms with E-state index in [1.807, 2.05) is 24.3 Å². The molecule has 0 unspecified atom stereocenters. The van der Waals surface area contributed by atoms with E-state index in [4.69, 9.17) is 57.5 Å². The first-order valence-electron chi connectivity index (χ1n) is 5.63. The molecule has 2 rings (SSSR count). The van der Waals surface area contributed by atoms with E-state index in [1.165, 1.54) is 0 Å². The smallest absolute Gasteiger partial charge is 0.157 e. The van der Waals surface area contributed by atoms with Gasteiger partial charge in [-0.2, -0.15) is 0 Å². The van der Waals surface area contributed by atoms with E-state index < -0.39 is 0 Å². The SMILES string of the molecule is NC(=S)c1ccc(COc2c(Cl)cc(Cl)cc2Cl)cc1. The molecule has 0 aliphatic rings. The topological polar surface area (TPSA) is 35.2 Å². The van der Waals surface area contributed by atoms with E-state index in [0.29, 0.717) is 32.4 Å². The van der Waals surface area contributed by atoms with E-state index in [1.54, 1.807) is 12.1 Å². The molecule has 6 heteroatoms. The summed E-state index contributed by atoms with van der Waals surface area (Å²) >= 11 is 22.8. The van der Waals surface area contributed by atoms with Crippen LogP contribution in [-0.4, -0.2) is 4.99 Å². The molecule has 0 aromatic heterocycles. The first-order valence-corrected chi connectivity index (χ1v) is 7.17. The summed E-state index contributed by atoms with van der Waals surface area (Å²) < 4.78 is 5.62. The van der Waals surface area contributed by atoms with Crippen molar-refractivity contribution in [1.29, 1.82) is 0 Å². The highest BCUT2D eigenvalue weighted by atomic mass is 35.5. The van der Waals surface area contributed by atoms with Crippen molar-refractivity contribution in [1.82, 2.24) is 0 Å². The number of hydrogen-bond donors (Lipinski definition) is 1. The van der Waals surface area contributed by atoms with Crippen molar-refractivity contribution in [3.8, 4) is 5.75 Å². The van der Waals surface area contributed by atoms with Crippen molar-refractivity contribution >= 4 is 52.0 Å². The molecular formula is C14H10Cl3NOS. The summed E-state index contributed by atoms with van der Waals surface area (Å²) in [5, 5.41) is 1.22. The van der Waals surface area contributed by atoms with Gasteiger partial charge < -0.3 is 10.5 Å². The first-order chi connectivity index (χ1) is 9.47. The van der Waals surface area contributed by atoms with Crippen LogP contribution in [0.4, 0.5) is 0 Å². The third-order valence-electron chi connectivity index (χ3n) is 2.58. The summed E-state index contributed by atoms with van der Waals surface area (Å²) in [6.07, 6.45) is 0. The van der Waals surface area contributed by atoms with Gasteiger partial charge in [0.05, 0.1) is 10.0 Å². The van der Waals surface area contributed by atoms with Gasteiger partial charge in [0, 0.05) is 10.6 Å². The molecule has 0 amide bonds. The minimum Gasteiger partial charge on any atom is -0.486 e. The Morgan fingerprint density at radius 3 is 2.10 bits per heavy atom. The summed E-state index contributed by atoms with van der Waals surface area (Å²) in [5.41, 5.74) is 7.30. The van der Waals surface area contributed by atoms with Gasteiger partial charge in [0.1, 0.15) is 11.6 Å². The Morgan fingerprint density at radius 1 is 1.05 bits per heavy atom. The maximum absolute atomic E-state index is 6.04. The molecule has 20 heavy (non-hydrogen) atoms. The quantitative estimate of drug-likeness (QED) is 0.803. The van der Waals surface area contributed by atoms with Gasteiger partial charge in [-0.25, -0.2) is 0 Å². The lowest BCUT2D eigenvalue weighted by Gasteiger charge is -2.10. The van der Waals surface area contributed by atoms with Crippen molar-refractivity contribution in [3.63, 3.8) is 0 Å². The van der Waals surface area contributed by atoms with Crippen LogP contribution in [0, 0.1) is 0 Å². The average molecular weight is 347 g/mol. The molecule has 0 aliphatic carbocycles. The monoisotopic (exact) mass is 345 g/mol. The molecule has 2 N–H and O–H groups in total. The fourth-order valence-electron chi connectivity index (χ4n) is 1.59. The molecule has 0 spiro atoms. The zero-order chi connectivity index (χ0) is 14.7. The van der Waals surface area contributed by atoms with Gasteiger partial charge in [-0.3, -0.25) is 0 Å². The van der Waals surface area contributed by atoms with Crippen LogP contribution in [-0.2, 0) is 6.61 Å². The fourth-order valence-corrected chi connectivity index (χ4v) is 2.65. The van der Waals surface area contributed by atoms with Gasteiger partial charge in [0.2, 0.25) is 0 Å². The summed E-state index contributed by atoms with van der Waals surface area (Å²) in [5.74, 6) is 0.413. The number of hydrogen-bond acceptors (Lipinski definition) is 2. The highest BCUT2D eigenvalue weighted by Crippen LogP contribution is 2.36. The van der Waals surface area contributed by atoms with Crippen LogP contribution < -0.4 is 10.5 Å². The summed E-state index contributed by atoms with van der Waals surface area (Å²) in [6.45, 7) is 0.332. The van der Waals surface area contributed by atoms with E-state index in [9.17, 15) is 0 Å². The molecule has 0 saturated carbocycles. The molecule has 0 fully saturated rings. The summed E-state index contributed by atoms with van der Waals surface area (Å²) in [4.78, 5) is 0.362. The third kappa shape index (κ3) is 3.76. The van der Waals surface area contributed by atoms with E-state index >= 15 is 0 Å². The largest absolute Gasteiger partial charge is 0.486 e. The number of thiocarbonyl (C=S) groups is 1. The minimum atomic E-state index is 0.332. The highest BCUT2D eigenvalue weighted by Gasteiger charge is 2.09. The Hall–Kier alpha value is -1.00. The molecule has 2 aromatic rings. The van der Waals surface area contributed by atoms with Crippen LogP contribution in [0.15, 0.2) is 36.4 Å². The first kappa shape index (κ1) is 15.4. The fraction of sp³-hybridized carbons (Fsp3) is 0.0714. The molecule has 0 heterocycles. The molecule has 0 atom stereocenters.